The van der Waals surface area contributed by atoms with Gasteiger partial charge in [0.25, 0.3) is 0 Å². The molecule has 0 atom stereocenters. The van der Waals surface area contributed by atoms with Crippen LogP contribution in [-0.4, -0.2) is 4.98 Å². The van der Waals surface area contributed by atoms with Gasteiger partial charge in [0.2, 0.25) is 0 Å². The number of hydrogen-bond donors (Lipinski definition) is 1. The molecule has 6 heteroatoms. The van der Waals surface area contributed by atoms with E-state index in [0.717, 1.165) is 0 Å². The van der Waals surface area contributed by atoms with E-state index in [1.807, 2.05) is 12.1 Å². The van der Waals surface area contributed by atoms with Crippen molar-refractivity contribution < 1.29 is 4.39 Å². The third-order valence-electron chi connectivity index (χ3n) is 2.33. The second-order valence-corrected chi connectivity index (χ2v) is 4.51. The number of rotatable bonds is 2. The van der Waals surface area contributed by atoms with E-state index in [0.29, 0.717) is 10.2 Å². The van der Waals surface area contributed by atoms with E-state index in [-0.39, 0.29) is 16.9 Å². The Morgan fingerprint density at radius 2 is 1.89 bits per heavy atom. The molecule has 0 spiro atoms. The Kier molecular flexibility index (Phi) is 3.74. The number of hydrogen-bond acceptors (Lipinski definition) is 4. The number of anilines is 2. The van der Waals surface area contributed by atoms with Crippen molar-refractivity contribution in [3.05, 3.63) is 51.9 Å². The van der Waals surface area contributed by atoms with Gasteiger partial charge in [0.05, 0.1) is 11.1 Å². The van der Waals surface area contributed by atoms with Gasteiger partial charge in [-0.15, -0.1) is 0 Å². The number of nitrogens with one attached hydrogen (secondary N) is 1. The SMILES string of the molecule is N#Cc1ccc(Nc2ncc(Br)cc2F)cc1C#N. The summed E-state index contributed by atoms with van der Waals surface area (Å²) < 4.78 is 14.1. The smallest absolute Gasteiger partial charge is 0.166 e. The Morgan fingerprint density at radius 3 is 2.53 bits per heavy atom. The van der Waals surface area contributed by atoms with Crippen molar-refractivity contribution in [2.45, 2.75) is 0 Å². The first kappa shape index (κ1) is 13.0. The van der Waals surface area contributed by atoms with Crippen molar-refractivity contribution in [2.75, 3.05) is 5.32 Å². The zero-order valence-electron chi connectivity index (χ0n) is 9.48. The van der Waals surface area contributed by atoms with Gasteiger partial charge >= 0.3 is 0 Å². The largest absolute Gasteiger partial charge is 0.338 e. The Morgan fingerprint density at radius 1 is 1.16 bits per heavy atom. The molecule has 19 heavy (non-hydrogen) atoms. The number of halogens is 2. The van der Waals surface area contributed by atoms with Crippen LogP contribution in [0, 0.1) is 28.5 Å². The van der Waals surface area contributed by atoms with E-state index in [1.165, 1.54) is 24.4 Å². The molecular formula is C13H6BrFN4. The molecule has 4 nitrogen and oxygen atoms in total. The summed E-state index contributed by atoms with van der Waals surface area (Å²) in [5.74, 6) is -0.464. The van der Waals surface area contributed by atoms with Crippen LogP contribution in [-0.2, 0) is 0 Å². The van der Waals surface area contributed by atoms with Gasteiger partial charge in [0.15, 0.2) is 11.6 Å². The van der Waals surface area contributed by atoms with Crippen molar-refractivity contribution in [2.24, 2.45) is 0 Å². The van der Waals surface area contributed by atoms with Crippen molar-refractivity contribution in [1.82, 2.24) is 4.98 Å². The van der Waals surface area contributed by atoms with Crippen LogP contribution in [0.15, 0.2) is 34.9 Å². The summed E-state index contributed by atoms with van der Waals surface area (Å²) in [5, 5.41) is 20.5. The quantitative estimate of drug-likeness (QED) is 0.920. The number of pyridine rings is 1. The highest BCUT2D eigenvalue weighted by atomic mass is 79.9. The highest BCUT2D eigenvalue weighted by molar-refractivity contribution is 9.10. The zero-order valence-corrected chi connectivity index (χ0v) is 11.1. The molecule has 1 N–H and O–H groups in total. The average molecular weight is 317 g/mol. The molecule has 0 saturated carbocycles. The molecule has 0 fully saturated rings. The van der Waals surface area contributed by atoms with Crippen molar-refractivity contribution in [3.8, 4) is 12.1 Å². The van der Waals surface area contributed by atoms with Crippen LogP contribution in [0.4, 0.5) is 15.9 Å². The minimum atomic E-state index is -0.516. The van der Waals surface area contributed by atoms with E-state index >= 15 is 0 Å². The first-order chi connectivity index (χ1) is 9.13. The van der Waals surface area contributed by atoms with Crippen LogP contribution in [0.1, 0.15) is 11.1 Å². The van der Waals surface area contributed by atoms with Crippen molar-refractivity contribution in [1.29, 1.82) is 10.5 Å². The lowest BCUT2D eigenvalue weighted by atomic mass is 10.1. The molecule has 2 rings (SSSR count). The number of aromatic nitrogens is 1. The molecule has 0 aliphatic carbocycles. The van der Waals surface area contributed by atoms with Gasteiger partial charge in [-0.3, -0.25) is 0 Å². The van der Waals surface area contributed by atoms with Crippen LogP contribution < -0.4 is 5.32 Å². The highest BCUT2D eigenvalue weighted by Crippen LogP contribution is 2.22. The minimum Gasteiger partial charge on any atom is -0.338 e. The molecule has 0 unspecified atom stereocenters. The third-order valence-corrected chi connectivity index (χ3v) is 2.76. The maximum Gasteiger partial charge on any atom is 0.166 e. The Labute approximate surface area is 117 Å². The summed E-state index contributed by atoms with van der Waals surface area (Å²) in [7, 11) is 0. The summed E-state index contributed by atoms with van der Waals surface area (Å²) in [5.41, 5.74) is 0.992. The van der Waals surface area contributed by atoms with Gasteiger partial charge in [-0.25, -0.2) is 9.37 Å². The topological polar surface area (TPSA) is 72.5 Å². The van der Waals surface area contributed by atoms with Gasteiger partial charge in [0, 0.05) is 16.4 Å². The maximum atomic E-state index is 13.6. The molecule has 0 bridgehead atoms. The molecule has 0 aliphatic rings. The maximum absolute atomic E-state index is 13.6. The normalized spacial score (nSPS) is 9.47. The van der Waals surface area contributed by atoms with E-state index in [2.05, 4.69) is 26.2 Å². The van der Waals surface area contributed by atoms with Gasteiger partial charge < -0.3 is 5.32 Å². The fourth-order valence-electron chi connectivity index (χ4n) is 1.46. The van der Waals surface area contributed by atoms with Crippen molar-refractivity contribution in [3.63, 3.8) is 0 Å². The third kappa shape index (κ3) is 2.87. The molecule has 0 saturated heterocycles. The molecule has 92 valence electrons. The zero-order chi connectivity index (χ0) is 13.8. The number of benzene rings is 1. The first-order valence-electron chi connectivity index (χ1n) is 5.16. The van der Waals surface area contributed by atoms with Crippen LogP contribution in [0.5, 0.6) is 0 Å². The highest BCUT2D eigenvalue weighted by Gasteiger charge is 2.07. The van der Waals surface area contributed by atoms with Crippen LogP contribution in [0.3, 0.4) is 0 Å². The average Bonchev–Trinajstić information content (AvgIpc) is 2.41. The van der Waals surface area contributed by atoms with Crippen LogP contribution >= 0.6 is 15.9 Å². The van der Waals surface area contributed by atoms with Crippen LogP contribution in [0.2, 0.25) is 0 Å². The predicted octanol–water partition coefficient (Wildman–Crippen LogP) is 3.47. The first-order valence-corrected chi connectivity index (χ1v) is 5.95. The summed E-state index contributed by atoms with van der Waals surface area (Å²) in [6.45, 7) is 0. The summed E-state index contributed by atoms with van der Waals surface area (Å²) in [6.07, 6.45) is 1.46. The Balaban J connectivity index is 2.34. The Bertz CT molecular complexity index is 716. The van der Waals surface area contributed by atoms with Crippen molar-refractivity contribution >= 4 is 27.4 Å². The monoisotopic (exact) mass is 316 g/mol. The Hall–Kier alpha value is -2.44. The van der Waals surface area contributed by atoms with E-state index in [1.54, 1.807) is 6.07 Å². The molecule has 2 aromatic rings. The van der Waals surface area contributed by atoms with E-state index in [4.69, 9.17) is 10.5 Å². The van der Waals surface area contributed by atoms with Gasteiger partial charge in [0.1, 0.15) is 12.1 Å². The second kappa shape index (κ2) is 5.47. The second-order valence-electron chi connectivity index (χ2n) is 3.59. The molecule has 0 aliphatic heterocycles. The number of nitriles is 2. The lowest BCUT2D eigenvalue weighted by Gasteiger charge is -2.07. The van der Waals surface area contributed by atoms with Gasteiger partial charge in [-0.05, 0) is 40.2 Å². The van der Waals surface area contributed by atoms with E-state index < -0.39 is 5.82 Å². The standard InChI is InChI=1S/C13H6BrFN4/c14-10-4-12(15)13(18-7-10)19-11-2-1-8(5-16)9(3-11)6-17/h1-4,7H,(H,18,19). The van der Waals surface area contributed by atoms with Gasteiger partial charge in [-0.1, -0.05) is 0 Å². The summed E-state index contributed by atoms with van der Waals surface area (Å²) in [6, 6.07) is 9.66. The number of nitrogens with zero attached hydrogens (tertiary/aromatic N) is 3. The minimum absolute atomic E-state index is 0.0526. The fourth-order valence-corrected chi connectivity index (χ4v) is 1.76. The predicted molar refractivity (Wildman–Crippen MR) is 71.0 cm³/mol. The van der Waals surface area contributed by atoms with E-state index in [9.17, 15) is 4.39 Å². The summed E-state index contributed by atoms with van der Waals surface area (Å²) >= 11 is 3.11. The fraction of sp³-hybridized carbons (Fsp3) is 0. The van der Waals surface area contributed by atoms with Crippen LogP contribution in [0.25, 0.3) is 0 Å². The summed E-state index contributed by atoms with van der Waals surface area (Å²) in [4.78, 5) is 3.89. The van der Waals surface area contributed by atoms with Gasteiger partial charge in [-0.2, -0.15) is 10.5 Å². The lowest BCUT2D eigenvalue weighted by molar-refractivity contribution is 0.625. The molecule has 0 amide bonds. The molecule has 1 heterocycles. The molecule has 1 aromatic carbocycles. The lowest BCUT2D eigenvalue weighted by Crippen LogP contribution is -1.98. The molecule has 1 aromatic heterocycles. The molecule has 0 radical (unpaired) electrons. The molecular weight excluding hydrogens is 311 g/mol.